The Hall–Kier alpha value is -1.96. The maximum absolute atomic E-state index is 13.3. The van der Waals surface area contributed by atoms with Gasteiger partial charge in [0.2, 0.25) is 0 Å². The van der Waals surface area contributed by atoms with Crippen LogP contribution in [0.3, 0.4) is 0 Å². The first-order chi connectivity index (χ1) is 18.5. The summed E-state index contributed by atoms with van der Waals surface area (Å²) in [5.41, 5.74) is 6.40. The van der Waals surface area contributed by atoms with Gasteiger partial charge in [0.15, 0.2) is 0 Å². The number of hydrogen-bond donors (Lipinski definition) is 1. The first kappa shape index (κ1) is 26.3. The fourth-order valence-electron chi connectivity index (χ4n) is 8.15. The summed E-state index contributed by atoms with van der Waals surface area (Å²) in [6.07, 6.45) is 14.0. The quantitative estimate of drug-likeness (QED) is 0.642. The Morgan fingerprint density at radius 1 is 0.842 bits per heavy atom. The monoisotopic (exact) mass is 522 g/mol. The molecular formula is C31H46N4O3. The molecule has 0 spiro atoms. The van der Waals surface area contributed by atoms with Crippen LogP contribution in [0.25, 0.3) is 0 Å². The number of nitrogens with zero attached hydrogens (tertiary/aromatic N) is 3. The van der Waals surface area contributed by atoms with E-state index < -0.39 is 0 Å². The molecule has 208 valence electrons. The zero-order valence-electron chi connectivity index (χ0n) is 23.2. The molecule has 5 aliphatic rings. The Labute approximate surface area is 228 Å². The first-order valence-corrected chi connectivity index (χ1v) is 15.3. The molecule has 0 radical (unpaired) electrons. The van der Waals surface area contributed by atoms with Crippen LogP contribution in [0.5, 0.6) is 0 Å². The minimum Gasteiger partial charge on any atom is -0.368 e. The average Bonchev–Trinajstić information content (AvgIpc) is 3.23. The van der Waals surface area contributed by atoms with Gasteiger partial charge in [-0.1, -0.05) is 44.2 Å². The van der Waals surface area contributed by atoms with Crippen molar-refractivity contribution in [3.05, 3.63) is 35.4 Å². The van der Waals surface area contributed by atoms with Crippen LogP contribution in [-0.4, -0.2) is 84.6 Å². The molecular weight excluding hydrogens is 476 g/mol. The predicted molar refractivity (Wildman–Crippen MR) is 148 cm³/mol. The number of amides is 2. The molecule has 7 heteroatoms. The second-order valence-corrected chi connectivity index (χ2v) is 12.6. The maximum atomic E-state index is 13.3. The van der Waals surface area contributed by atoms with Crippen LogP contribution in [0.4, 0.5) is 0 Å². The molecule has 2 amide bonds. The van der Waals surface area contributed by atoms with E-state index >= 15 is 0 Å². The van der Waals surface area contributed by atoms with Crippen molar-refractivity contribution in [2.24, 2.45) is 11.8 Å². The van der Waals surface area contributed by atoms with Crippen LogP contribution in [0.15, 0.2) is 24.3 Å². The number of hydrogen-bond acceptors (Lipinski definition) is 5. The molecule has 0 aromatic heterocycles. The largest absolute Gasteiger partial charge is 0.368 e. The third-order valence-electron chi connectivity index (χ3n) is 10.4. The van der Waals surface area contributed by atoms with Crippen LogP contribution < -0.4 is 5.43 Å². The lowest BCUT2D eigenvalue weighted by atomic mass is 9.60. The molecule has 1 aromatic carbocycles. The van der Waals surface area contributed by atoms with Crippen molar-refractivity contribution in [1.82, 2.24) is 20.2 Å². The van der Waals surface area contributed by atoms with Gasteiger partial charge < -0.3 is 14.5 Å². The Kier molecular flexibility index (Phi) is 7.79. The summed E-state index contributed by atoms with van der Waals surface area (Å²) in [5, 5.41) is 2.38. The summed E-state index contributed by atoms with van der Waals surface area (Å²) >= 11 is 0. The van der Waals surface area contributed by atoms with Gasteiger partial charge >= 0.3 is 0 Å². The Morgan fingerprint density at radius 3 is 2.16 bits per heavy atom. The molecule has 3 aliphatic heterocycles. The molecule has 0 bridgehead atoms. The van der Waals surface area contributed by atoms with Crippen molar-refractivity contribution in [2.75, 3.05) is 46.4 Å². The van der Waals surface area contributed by atoms with Crippen LogP contribution in [0.1, 0.15) is 92.5 Å². The van der Waals surface area contributed by atoms with E-state index in [9.17, 15) is 9.59 Å². The Balaban J connectivity index is 1.10. The van der Waals surface area contributed by atoms with E-state index in [-0.39, 0.29) is 23.5 Å². The predicted octanol–water partition coefficient (Wildman–Crippen LogP) is 4.19. The zero-order valence-corrected chi connectivity index (χ0v) is 23.2. The number of rotatable bonds is 4. The van der Waals surface area contributed by atoms with Gasteiger partial charge in [0.1, 0.15) is 6.10 Å². The number of piperazine rings is 1. The van der Waals surface area contributed by atoms with Crippen LogP contribution in [-0.2, 0) is 9.53 Å². The maximum Gasteiger partial charge on any atom is 0.253 e. The lowest BCUT2D eigenvalue weighted by Crippen LogP contribution is -2.56. The summed E-state index contributed by atoms with van der Waals surface area (Å²) in [6, 6.07) is 8.52. The number of fused-ring (bicyclic) bond motifs is 1. The molecule has 38 heavy (non-hydrogen) atoms. The van der Waals surface area contributed by atoms with Gasteiger partial charge in [-0.15, -0.1) is 0 Å². The van der Waals surface area contributed by atoms with Crippen LogP contribution in [0, 0.1) is 11.8 Å². The fourth-order valence-corrected chi connectivity index (χ4v) is 8.15. The second-order valence-electron chi connectivity index (χ2n) is 12.6. The lowest BCUT2D eigenvalue weighted by molar-refractivity contribution is -0.157. The van der Waals surface area contributed by atoms with Gasteiger partial charge in [-0.05, 0) is 67.6 Å². The van der Waals surface area contributed by atoms with Crippen molar-refractivity contribution >= 4 is 11.8 Å². The second kappa shape index (κ2) is 11.3. The Bertz CT molecular complexity index is 979. The minimum atomic E-state index is -0.258. The molecule has 3 heterocycles. The van der Waals surface area contributed by atoms with Gasteiger partial charge in [-0.25, -0.2) is 10.4 Å². The van der Waals surface area contributed by atoms with Crippen molar-refractivity contribution < 1.29 is 14.3 Å². The summed E-state index contributed by atoms with van der Waals surface area (Å²) in [7, 11) is 2.23. The lowest BCUT2D eigenvalue weighted by Gasteiger charge is -2.48. The van der Waals surface area contributed by atoms with E-state index in [1.54, 1.807) is 0 Å². The third kappa shape index (κ3) is 5.14. The molecule has 3 saturated heterocycles. The number of benzene rings is 1. The van der Waals surface area contributed by atoms with Gasteiger partial charge in [0.25, 0.3) is 11.8 Å². The molecule has 2 saturated carbocycles. The summed E-state index contributed by atoms with van der Waals surface area (Å²) < 4.78 is 5.35. The normalized spacial score (nSPS) is 33.2. The van der Waals surface area contributed by atoms with E-state index in [4.69, 9.17) is 4.74 Å². The highest BCUT2D eigenvalue weighted by atomic mass is 16.5. The van der Waals surface area contributed by atoms with E-state index in [1.165, 1.54) is 76.3 Å². The molecule has 4 atom stereocenters. The van der Waals surface area contributed by atoms with Gasteiger partial charge in [-0.3, -0.25) is 9.59 Å². The fraction of sp³-hybridized carbons (Fsp3) is 0.742. The molecule has 1 aromatic rings. The highest BCUT2D eigenvalue weighted by molar-refractivity contribution is 5.94. The summed E-state index contributed by atoms with van der Waals surface area (Å²) in [5.74, 6) is 2.22. The zero-order chi connectivity index (χ0) is 26.1. The Morgan fingerprint density at radius 2 is 1.50 bits per heavy atom. The number of carbonyl (C=O) groups is 2. The minimum absolute atomic E-state index is 0.0809. The highest BCUT2D eigenvalue weighted by Crippen LogP contribution is 2.51. The van der Waals surface area contributed by atoms with E-state index in [1.807, 2.05) is 21.9 Å². The smallest absolute Gasteiger partial charge is 0.253 e. The summed E-state index contributed by atoms with van der Waals surface area (Å²) in [4.78, 5) is 29.4. The number of ether oxygens (including phenoxy) is 1. The third-order valence-corrected chi connectivity index (χ3v) is 10.4. The molecule has 5 fully saturated rings. The van der Waals surface area contributed by atoms with Crippen molar-refractivity contribution in [3.63, 3.8) is 0 Å². The van der Waals surface area contributed by atoms with Crippen molar-refractivity contribution in [3.8, 4) is 0 Å². The van der Waals surface area contributed by atoms with Gasteiger partial charge in [-0.2, -0.15) is 0 Å². The van der Waals surface area contributed by atoms with Crippen LogP contribution >= 0.6 is 0 Å². The first-order valence-electron chi connectivity index (χ1n) is 15.3. The van der Waals surface area contributed by atoms with Gasteiger partial charge in [0.05, 0.1) is 6.61 Å². The molecule has 6 rings (SSSR count). The van der Waals surface area contributed by atoms with E-state index in [2.05, 4.69) is 29.6 Å². The molecule has 1 N–H and O–H groups in total. The number of hydrazine groups is 1. The standard InChI is InChI=1S/C31H46N4O3/c1-33-22-27-14-13-25(21-31(27,32-33)26-7-5-3-2-4-6-8-26)23-9-11-24(12-10-23)29(36)34-16-18-35(19-17-34)30(37)28-15-20-38-28/h9-12,25-28,32H,2-8,13-22H2,1H3. The average molecular weight is 523 g/mol. The number of carbonyl (C=O) groups excluding carboxylic acids is 2. The number of nitrogens with one attached hydrogen (secondary N) is 1. The van der Waals surface area contributed by atoms with Crippen LogP contribution in [0.2, 0.25) is 0 Å². The van der Waals surface area contributed by atoms with E-state index in [0.717, 1.165) is 23.8 Å². The molecule has 4 unspecified atom stereocenters. The van der Waals surface area contributed by atoms with Crippen molar-refractivity contribution in [1.29, 1.82) is 0 Å². The SMILES string of the molecule is CN1CC2CCC(c3ccc(C(=O)N4CCN(C(=O)C5CCO5)CC4)cc3)CC2(C2CCCCCCC2)N1. The molecule has 7 nitrogen and oxygen atoms in total. The molecule has 2 aliphatic carbocycles. The topological polar surface area (TPSA) is 65.1 Å². The summed E-state index contributed by atoms with van der Waals surface area (Å²) in [6.45, 7) is 4.22. The van der Waals surface area contributed by atoms with Gasteiger partial charge in [0, 0.05) is 57.3 Å². The highest BCUT2D eigenvalue weighted by Gasteiger charge is 2.53. The van der Waals surface area contributed by atoms with E-state index in [0.29, 0.717) is 38.7 Å². The van der Waals surface area contributed by atoms with Crippen molar-refractivity contribution in [2.45, 2.75) is 88.2 Å².